The van der Waals surface area contributed by atoms with Crippen LogP contribution in [0.25, 0.3) is 0 Å². The molecule has 1 atom stereocenters. The molecule has 1 aliphatic rings. The Morgan fingerprint density at radius 1 is 1.24 bits per heavy atom. The standard InChI is InChI=1S/C17H19N5O3/c23-15(19-8-7-11-9-18-10-20-11)6-5-14-17(25)21-13-4-2-1-3-12(13)16(24)22-14/h1-4,9-10,14H,5-8H2,(H,18,20)(H,19,23)(H,21,25)(H,22,24)/t14-/m1/s1. The van der Waals surface area contributed by atoms with Crippen LogP contribution >= 0.6 is 0 Å². The number of nitrogens with one attached hydrogen (secondary N) is 4. The lowest BCUT2D eigenvalue weighted by Crippen LogP contribution is -2.42. The molecule has 0 aliphatic carbocycles. The molecule has 0 unspecified atom stereocenters. The van der Waals surface area contributed by atoms with Crippen molar-refractivity contribution in [2.24, 2.45) is 0 Å². The molecular weight excluding hydrogens is 322 g/mol. The van der Waals surface area contributed by atoms with E-state index in [2.05, 4.69) is 25.9 Å². The Hall–Kier alpha value is -3.16. The molecule has 0 bridgehead atoms. The van der Waals surface area contributed by atoms with Gasteiger partial charge in [0.25, 0.3) is 5.91 Å². The molecule has 0 fully saturated rings. The Morgan fingerprint density at radius 3 is 2.88 bits per heavy atom. The van der Waals surface area contributed by atoms with E-state index in [-0.39, 0.29) is 30.6 Å². The number of H-pyrrole nitrogens is 1. The van der Waals surface area contributed by atoms with Gasteiger partial charge in [0.05, 0.1) is 17.6 Å². The van der Waals surface area contributed by atoms with Crippen LogP contribution in [0.5, 0.6) is 0 Å². The van der Waals surface area contributed by atoms with E-state index in [0.29, 0.717) is 24.2 Å². The molecule has 8 nitrogen and oxygen atoms in total. The number of amides is 3. The van der Waals surface area contributed by atoms with Crippen molar-refractivity contribution in [3.8, 4) is 0 Å². The van der Waals surface area contributed by atoms with Gasteiger partial charge in [-0.1, -0.05) is 12.1 Å². The third-order valence-corrected chi connectivity index (χ3v) is 3.98. The predicted octanol–water partition coefficient (Wildman–Crippen LogP) is 0.599. The lowest BCUT2D eigenvalue weighted by atomic mass is 10.1. The quantitative estimate of drug-likeness (QED) is 0.615. The zero-order valence-electron chi connectivity index (χ0n) is 13.5. The van der Waals surface area contributed by atoms with E-state index in [0.717, 1.165) is 5.69 Å². The first-order chi connectivity index (χ1) is 12.1. The molecule has 3 rings (SSSR count). The van der Waals surface area contributed by atoms with Crippen LogP contribution in [-0.4, -0.2) is 40.3 Å². The first-order valence-electron chi connectivity index (χ1n) is 8.08. The summed E-state index contributed by atoms with van der Waals surface area (Å²) < 4.78 is 0. The molecule has 2 heterocycles. The number of nitrogens with zero attached hydrogens (tertiary/aromatic N) is 1. The molecule has 0 saturated heterocycles. The summed E-state index contributed by atoms with van der Waals surface area (Å²) >= 11 is 0. The maximum atomic E-state index is 12.2. The summed E-state index contributed by atoms with van der Waals surface area (Å²) in [5, 5.41) is 8.19. The van der Waals surface area contributed by atoms with Gasteiger partial charge < -0.3 is 20.9 Å². The number of fused-ring (bicyclic) bond motifs is 1. The third-order valence-electron chi connectivity index (χ3n) is 3.98. The largest absolute Gasteiger partial charge is 0.356 e. The zero-order valence-corrected chi connectivity index (χ0v) is 13.5. The lowest BCUT2D eigenvalue weighted by molar-refractivity contribution is -0.121. The highest BCUT2D eigenvalue weighted by Crippen LogP contribution is 2.19. The van der Waals surface area contributed by atoms with E-state index >= 15 is 0 Å². The number of hydrogen-bond donors (Lipinski definition) is 4. The normalized spacial score (nSPS) is 16.4. The van der Waals surface area contributed by atoms with Gasteiger partial charge in [-0.2, -0.15) is 0 Å². The number of hydrogen-bond acceptors (Lipinski definition) is 4. The number of benzene rings is 1. The summed E-state index contributed by atoms with van der Waals surface area (Å²) in [5.41, 5.74) is 1.84. The fraction of sp³-hybridized carbons (Fsp3) is 0.294. The number of carbonyl (C=O) groups excluding carboxylic acids is 3. The second kappa shape index (κ2) is 7.61. The monoisotopic (exact) mass is 341 g/mol. The summed E-state index contributed by atoms with van der Waals surface area (Å²) in [7, 11) is 0. The molecule has 4 N–H and O–H groups in total. The summed E-state index contributed by atoms with van der Waals surface area (Å²) in [6.45, 7) is 0.482. The number of carbonyl (C=O) groups is 3. The summed E-state index contributed by atoms with van der Waals surface area (Å²) in [6.07, 6.45) is 4.33. The van der Waals surface area contributed by atoms with E-state index in [1.54, 1.807) is 36.8 Å². The average Bonchev–Trinajstić information content (AvgIpc) is 3.08. The van der Waals surface area contributed by atoms with Gasteiger partial charge in [-0.05, 0) is 18.6 Å². The van der Waals surface area contributed by atoms with E-state index < -0.39 is 6.04 Å². The van der Waals surface area contributed by atoms with Crippen molar-refractivity contribution in [1.29, 1.82) is 0 Å². The van der Waals surface area contributed by atoms with E-state index in [9.17, 15) is 14.4 Å². The molecule has 1 aromatic carbocycles. The van der Waals surface area contributed by atoms with Crippen LogP contribution in [0.4, 0.5) is 5.69 Å². The van der Waals surface area contributed by atoms with Crippen molar-refractivity contribution in [2.75, 3.05) is 11.9 Å². The number of imidazole rings is 1. The number of aromatic amines is 1. The van der Waals surface area contributed by atoms with Gasteiger partial charge >= 0.3 is 0 Å². The summed E-state index contributed by atoms with van der Waals surface area (Å²) in [6, 6.07) is 6.07. The van der Waals surface area contributed by atoms with E-state index in [4.69, 9.17) is 0 Å². The SMILES string of the molecule is O=C(CC[C@H]1NC(=O)c2ccccc2NC1=O)NCCc1cnc[nH]1. The minimum atomic E-state index is -0.738. The number of anilines is 1. The second-order valence-corrected chi connectivity index (χ2v) is 5.78. The molecule has 2 aromatic rings. The van der Waals surface area contributed by atoms with Crippen molar-refractivity contribution in [1.82, 2.24) is 20.6 Å². The Labute approximate surface area is 144 Å². The minimum absolute atomic E-state index is 0.150. The molecule has 3 amide bonds. The van der Waals surface area contributed by atoms with Crippen molar-refractivity contribution in [2.45, 2.75) is 25.3 Å². The first kappa shape index (κ1) is 16.7. The van der Waals surface area contributed by atoms with E-state index in [1.165, 1.54) is 0 Å². The van der Waals surface area contributed by atoms with Crippen molar-refractivity contribution in [3.05, 3.63) is 48.0 Å². The van der Waals surface area contributed by atoms with Gasteiger partial charge in [0, 0.05) is 31.3 Å². The van der Waals surface area contributed by atoms with Gasteiger partial charge in [0.1, 0.15) is 6.04 Å². The number of rotatable bonds is 6. The molecule has 1 aromatic heterocycles. The molecule has 1 aliphatic heterocycles. The molecule has 0 saturated carbocycles. The molecule has 0 radical (unpaired) electrons. The first-order valence-corrected chi connectivity index (χ1v) is 8.08. The number of aromatic nitrogens is 2. The summed E-state index contributed by atoms with van der Waals surface area (Å²) in [4.78, 5) is 43.2. The number of para-hydroxylation sites is 1. The lowest BCUT2D eigenvalue weighted by Gasteiger charge is -2.14. The summed E-state index contributed by atoms with van der Waals surface area (Å²) in [5.74, 6) is -0.800. The molecule has 25 heavy (non-hydrogen) atoms. The van der Waals surface area contributed by atoms with Crippen LogP contribution in [0.3, 0.4) is 0 Å². The highest BCUT2D eigenvalue weighted by Gasteiger charge is 2.27. The van der Waals surface area contributed by atoms with Gasteiger partial charge in [0.2, 0.25) is 11.8 Å². The topological polar surface area (TPSA) is 116 Å². The van der Waals surface area contributed by atoms with Crippen LogP contribution in [0.1, 0.15) is 28.9 Å². The fourth-order valence-corrected chi connectivity index (χ4v) is 2.64. The van der Waals surface area contributed by atoms with Gasteiger partial charge in [-0.25, -0.2) is 4.98 Å². The third kappa shape index (κ3) is 4.23. The van der Waals surface area contributed by atoms with Crippen molar-refractivity contribution < 1.29 is 14.4 Å². The van der Waals surface area contributed by atoms with Crippen LogP contribution in [0, 0.1) is 0 Å². The van der Waals surface area contributed by atoms with Crippen LogP contribution in [0.15, 0.2) is 36.8 Å². The second-order valence-electron chi connectivity index (χ2n) is 5.78. The molecular formula is C17H19N5O3. The van der Waals surface area contributed by atoms with Gasteiger partial charge in [-0.15, -0.1) is 0 Å². The predicted molar refractivity (Wildman–Crippen MR) is 90.9 cm³/mol. The highest BCUT2D eigenvalue weighted by molar-refractivity contribution is 6.09. The Kier molecular flexibility index (Phi) is 5.08. The Bertz CT molecular complexity index is 772. The Balaban J connectivity index is 1.48. The molecule has 8 heteroatoms. The highest BCUT2D eigenvalue weighted by atomic mass is 16.2. The van der Waals surface area contributed by atoms with Crippen LogP contribution in [-0.2, 0) is 16.0 Å². The molecule has 130 valence electrons. The zero-order chi connectivity index (χ0) is 17.6. The maximum absolute atomic E-state index is 12.2. The fourth-order valence-electron chi connectivity index (χ4n) is 2.64. The average molecular weight is 341 g/mol. The van der Waals surface area contributed by atoms with Crippen molar-refractivity contribution in [3.63, 3.8) is 0 Å². The van der Waals surface area contributed by atoms with E-state index in [1.807, 2.05) is 0 Å². The maximum Gasteiger partial charge on any atom is 0.254 e. The van der Waals surface area contributed by atoms with Gasteiger partial charge in [-0.3, -0.25) is 14.4 Å². The smallest absolute Gasteiger partial charge is 0.254 e. The van der Waals surface area contributed by atoms with Crippen LogP contribution in [0.2, 0.25) is 0 Å². The Morgan fingerprint density at radius 2 is 2.08 bits per heavy atom. The van der Waals surface area contributed by atoms with Crippen molar-refractivity contribution >= 4 is 23.4 Å². The van der Waals surface area contributed by atoms with Gasteiger partial charge in [0.15, 0.2) is 0 Å². The minimum Gasteiger partial charge on any atom is -0.356 e. The molecule has 0 spiro atoms. The van der Waals surface area contributed by atoms with Crippen LogP contribution < -0.4 is 16.0 Å².